The van der Waals surface area contributed by atoms with Crippen LogP contribution in [0.4, 0.5) is 0 Å². The van der Waals surface area contributed by atoms with Gasteiger partial charge in [-0.15, -0.1) is 0 Å². The molecule has 0 fully saturated rings. The van der Waals surface area contributed by atoms with E-state index < -0.39 is 41.5 Å². The van der Waals surface area contributed by atoms with Crippen molar-refractivity contribution in [3.05, 3.63) is 47.5 Å². The first-order valence-corrected chi connectivity index (χ1v) is 10.1. The van der Waals surface area contributed by atoms with Crippen LogP contribution in [0, 0.1) is 0 Å². The van der Waals surface area contributed by atoms with Gasteiger partial charge in [-0.1, -0.05) is 42.1 Å². The molecule has 0 spiro atoms. The van der Waals surface area contributed by atoms with Gasteiger partial charge in [-0.25, -0.2) is 14.8 Å². The van der Waals surface area contributed by atoms with Crippen molar-refractivity contribution < 1.29 is 29.0 Å². The van der Waals surface area contributed by atoms with Crippen LogP contribution in [0.1, 0.15) is 26.3 Å². The van der Waals surface area contributed by atoms with Crippen LogP contribution in [0.5, 0.6) is 0 Å². The molecule has 0 radical (unpaired) electrons. The molecule has 0 saturated carbocycles. The molecule has 1 aromatic rings. The van der Waals surface area contributed by atoms with Crippen LogP contribution in [0.2, 0.25) is 0 Å². The van der Waals surface area contributed by atoms with Gasteiger partial charge in [-0.3, -0.25) is 9.59 Å². The number of hydrogen-bond donors (Lipinski definition) is 1. The van der Waals surface area contributed by atoms with Crippen LogP contribution >= 0.6 is 11.8 Å². The summed E-state index contributed by atoms with van der Waals surface area (Å²) in [6.07, 6.45) is -0.538. The number of esters is 1. The van der Waals surface area contributed by atoms with E-state index in [1.807, 2.05) is 30.3 Å². The highest BCUT2D eigenvalue weighted by molar-refractivity contribution is 8.03. The predicted octanol–water partition coefficient (Wildman–Crippen LogP) is 1.69. The lowest BCUT2D eigenvalue weighted by molar-refractivity contribution is -0.178. The fraction of sp³-hybridized carbons (Fsp3) is 0.450. The Balaban J connectivity index is 2.43. The molecule has 3 atom stereocenters. The summed E-state index contributed by atoms with van der Waals surface area (Å²) in [7, 11) is 1.39. The largest absolute Gasteiger partial charge is 0.461 e. The molecule has 0 bridgehead atoms. The van der Waals surface area contributed by atoms with Crippen molar-refractivity contribution in [2.24, 2.45) is 0 Å². The first kappa shape index (κ1) is 22.9. The second-order valence-corrected chi connectivity index (χ2v) is 7.70. The van der Waals surface area contributed by atoms with E-state index in [4.69, 9.17) is 9.47 Å². The summed E-state index contributed by atoms with van der Waals surface area (Å²) < 4.78 is 10.3. The Morgan fingerprint density at radius 2 is 1.93 bits per heavy atom. The number of hydrazine groups is 1. The van der Waals surface area contributed by atoms with E-state index in [0.717, 1.165) is 27.3 Å². The molecule has 8 nitrogen and oxygen atoms in total. The zero-order valence-electron chi connectivity index (χ0n) is 16.8. The number of hydrogen-bond acceptors (Lipinski definition) is 7. The van der Waals surface area contributed by atoms with E-state index in [-0.39, 0.29) is 6.42 Å². The summed E-state index contributed by atoms with van der Waals surface area (Å²) in [5.41, 5.74) is -0.0507. The number of ether oxygens (including phenoxy) is 2. The fourth-order valence-corrected chi connectivity index (χ4v) is 3.59. The summed E-state index contributed by atoms with van der Waals surface area (Å²) in [4.78, 5) is 37.8. The summed E-state index contributed by atoms with van der Waals surface area (Å²) in [5.74, 6) is -1.86. The van der Waals surface area contributed by atoms with Crippen molar-refractivity contribution in [2.45, 2.75) is 50.9 Å². The average molecular weight is 423 g/mol. The monoisotopic (exact) mass is 422 g/mol. The normalized spacial score (nSPS) is 18.5. The first-order valence-electron chi connectivity index (χ1n) is 9.16. The van der Waals surface area contributed by atoms with Gasteiger partial charge in [-0.05, 0) is 31.2 Å². The van der Waals surface area contributed by atoms with Gasteiger partial charge in [0.25, 0.3) is 5.91 Å². The highest BCUT2D eigenvalue weighted by Gasteiger charge is 2.41. The van der Waals surface area contributed by atoms with E-state index in [1.54, 1.807) is 19.3 Å². The Hall–Kier alpha value is -2.36. The molecule has 0 aromatic heterocycles. The number of nitrogens with zero attached hydrogens (tertiary/aromatic N) is 2. The number of methoxy groups -OCH3 is 1. The minimum absolute atomic E-state index is 0.136. The molecule has 2 unspecified atom stereocenters. The van der Waals surface area contributed by atoms with Gasteiger partial charge in [-0.2, -0.15) is 0 Å². The van der Waals surface area contributed by atoms with Gasteiger partial charge >= 0.3 is 5.97 Å². The van der Waals surface area contributed by atoms with Crippen LogP contribution in [0.25, 0.3) is 0 Å². The number of aliphatic hydroxyl groups is 1. The molecule has 29 heavy (non-hydrogen) atoms. The zero-order valence-corrected chi connectivity index (χ0v) is 17.7. The van der Waals surface area contributed by atoms with Gasteiger partial charge in [0.1, 0.15) is 0 Å². The molecule has 2 rings (SSSR count). The van der Waals surface area contributed by atoms with Crippen LogP contribution in [-0.4, -0.2) is 63.7 Å². The topological polar surface area (TPSA) is 96.4 Å². The number of carbonyl (C=O) groups is 3. The number of benzene rings is 1. The third kappa shape index (κ3) is 5.81. The summed E-state index contributed by atoms with van der Waals surface area (Å²) >= 11 is 1.16. The molecule has 9 heteroatoms. The average Bonchev–Trinajstić information content (AvgIpc) is 2.68. The van der Waals surface area contributed by atoms with Crippen molar-refractivity contribution in [1.29, 1.82) is 0 Å². The van der Waals surface area contributed by atoms with Crippen molar-refractivity contribution in [1.82, 2.24) is 10.0 Å². The maximum atomic E-state index is 12.8. The van der Waals surface area contributed by atoms with E-state index in [0.29, 0.717) is 0 Å². The highest BCUT2D eigenvalue weighted by atomic mass is 32.2. The quantitative estimate of drug-likeness (QED) is 0.637. The second kappa shape index (κ2) is 10.4. The number of rotatable bonds is 8. The van der Waals surface area contributed by atoms with Gasteiger partial charge in [0.05, 0.1) is 12.1 Å². The Morgan fingerprint density at radius 3 is 2.48 bits per heavy atom. The molecule has 1 aromatic carbocycles. The standard InChI is InChI=1S/C20H26N2O6S/c1-13(2)28-19(26)17(24)16(12-15-8-6-5-7-9-15)22(14(3)23)21-10-11-29-20(27-4)18(21)25/h5-11,13,16-17,20,24H,12H2,1-4H3/t16-,17?,20?/m0/s1. The molecule has 0 aliphatic carbocycles. The molecule has 158 valence electrons. The summed E-state index contributed by atoms with van der Waals surface area (Å²) in [6, 6.07) is 8.03. The van der Waals surface area contributed by atoms with Crippen molar-refractivity contribution in [3.8, 4) is 0 Å². The van der Waals surface area contributed by atoms with Gasteiger partial charge in [0.2, 0.25) is 5.91 Å². The third-order valence-corrected chi connectivity index (χ3v) is 5.08. The number of aliphatic hydroxyl groups excluding tert-OH is 1. The fourth-order valence-electron chi connectivity index (χ4n) is 2.93. The van der Waals surface area contributed by atoms with Crippen molar-refractivity contribution in [3.63, 3.8) is 0 Å². The lowest BCUT2D eigenvalue weighted by atomic mass is 10.00. The molecular weight excluding hydrogens is 396 g/mol. The SMILES string of the molecule is COC1SC=CN(N(C(C)=O)[C@@H](Cc2ccccc2)C(O)C(=O)OC(C)C)C1=O. The van der Waals surface area contributed by atoms with Gasteiger partial charge < -0.3 is 14.6 Å². The van der Waals surface area contributed by atoms with E-state index in [9.17, 15) is 19.5 Å². The highest BCUT2D eigenvalue weighted by Crippen LogP contribution is 2.26. The van der Waals surface area contributed by atoms with E-state index in [2.05, 4.69) is 0 Å². The zero-order chi connectivity index (χ0) is 21.6. The smallest absolute Gasteiger partial charge is 0.337 e. The van der Waals surface area contributed by atoms with Crippen LogP contribution in [-0.2, 0) is 30.3 Å². The molecule has 2 amide bonds. The lowest BCUT2D eigenvalue weighted by Gasteiger charge is -2.41. The summed E-state index contributed by atoms with van der Waals surface area (Å²) in [6.45, 7) is 4.59. The maximum Gasteiger partial charge on any atom is 0.337 e. The maximum absolute atomic E-state index is 12.8. The van der Waals surface area contributed by atoms with Crippen LogP contribution in [0.3, 0.4) is 0 Å². The number of amides is 2. The number of thioether (sulfide) groups is 1. The van der Waals surface area contributed by atoms with Crippen molar-refractivity contribution in [2.75, 3.05) is 7.11 Å². The third-order valence-electron chi connectivity index (χ3n) is 4.16. The van der Waals surface area contributed by atoms with Gasteiger partial charge in [0.15, 0.2) is 11.5 Å². The van der Waals surface area contributed by atoms with Gasteiger partial charge in [0, 0.05) is 20.2 Å². The lowest BCUT2D eigenvalue weighted by Crippen LogP contribution is -2.60. The van der Waals surface area contributed by atoms with Crippen molar-refractivity contribution >= 4 is 29.5 Å². The molecule has 1 aliphatic heterocycles. The molecule has 0 saturated heterocycles. The van der Waals surface area contributed by atoms with E-state index >= 15 is 0 Å². The number of carbonyl (C=O) groups excluding carboxylic acids is 3. The Bertz CT molecular complexity index is 755. The molecule has 1 heterocycles. The Labute approximate surface area is 174 Å². The van der Waals surface area contributed by atoms with E-state index in [1.165, 1.54) is 20.2 Å². The summed E-state index contributed by atoms with van der Waals surface area (Å²) in [5, 5.41) is 14.6. The second-order valence-electron chi connectivity index (χ2n) is 6.72. The first-order chi connectivity index (χ1) is 13.8. The van der Waals surface area contributed by atoms with Crippen LogP contribution in [0.15, 0.2) is 41.9 Å². The molecule has 1 aliphatic rings. The predicted molar refractivity (Wildman–Crippen MR) is 108 cm³/mol. The minimum Gasteiger partial charge on any atom is -0.461 e. The molecule has 1 N–H and O–H groups in total. The Kier molecular flexibility index (Phi) is 8.24. The Morgan fingerprint density at radius 1 is 1.28 bits per heavy atom. The minimum atomic E-state index is -1.65. The molecular formula is C20H26N2O6S. The van der Waals surface area contributed by atoms with Crippen LogP contribution < -0.4 is 0 Å².